The van der Waals surface area contributed by atoms with Crippen molar-refractivity contribution in [2.75, 3.05) is 10.6 Å². The Bertz CT molecular complexity index is 836. The van der Waals surface area contributed by atoms with Gasteiger partial charge in [0.05, 0.1) is 30.1 Å². The van der Waals surface area contributed by atoms with Crippen LogP contribution < -0.4 is 4.31 Å². The Morgan fingerprint density at radius 1 is 1.35 bits per heavy atom. The van der Waals surface area contributed by atoms with E-state index in [0.717, 1.165) is 25.0 Å². The number of hydrogen-bond acceptors (Lipinski definition) is 5. The molecule has 122 valence electrons. The molecule has 1 heterocycles. The highest BCUT2D eigenvalue weighted by Crippen LogP contribution is 2.21. The van der Waals surface area contributed by atoms with Gasteiger partial charge in [-0.05, 0) is 31.5 Å². The normalized spacial score (nSPS) is 11.2. The van der Waals surface area contributed by atoms with Gasteiger partial charge in [0.25, 0.3) is 0 Å². The van der Waals surface area contributed by atoms with E-state index in [1.165, 1.54) is 4.31 Å². The molecule has 0 aliphatic rings. The number of hydrogen-bond donors (Lipinski definition) is 0. The van der Waals surface area contributed by atoms with Gasteiger partial charge in [-0.15, -0.1) is 10.2 Å². The number of aryl methyl sites for hydroxylation is 1. The molecule has 0 fully saturated rings. The van der Waals surface area contributed by atoms with Crippen LogP contribution in [-0.2, 0) is 23.1 Å². The molecular weight excluding hydrogens is 314 g/mol. The molecule has 0 amide bonds. The van der Waals surface area contributed by atoms with E-state index < -0.39 is 10.0 Å². The van der Waals surface area contributed by atoms with E-state index in [0.29, 0.717) is 17.1 Å². The number of anilines is 1. The molecule has 7 nitrogen and oxygen atoms in total. The Labute approximate surface area is 136 Å². The monoisotopic (exact) mass is 333 g/mol. The molecule has 2 aromatic rings. The number of nitriles is 1. The van der Waals surface area contributed by atoms with Gasteiger partial charge in [0.15, 0.2) is 5.82 Å². The molecule has 0 bridgehead atoms. The van der Waals surface area contributed by atoms with Crippen molar-refractivity contribution in [1.29, 1.82) is 5.26 Å². The summed E-state index contributed by atoms with van der Waals surface area (Å²) in [7, 11) is -3.52. The van der Waals surface area contributed by atoms with Crippen LogP contribution in [-0.4, -0.2) is 29.4 Å². The summed E-state index contributed by atoms with van der Waals surface area (Å²) in [5.74, 6) is 1.33. The maximum absolute atomic E-state index is 12.2. The van der Waals surface area contributed by atoms with E-state index in [9.17, 15) is 8.42 Å². The number of nitrogens with zero attached hydrogens (tertiary/aromatic N) is 5. The van der Waals surface area contributed by atoms with Crippen LogP contribution >= 0.6 is 0 Å². The molecule has 0 atom stereocenters. The van der Waals surface area contributed by atoms with Crippen LogP contribution in [0.15, 0.2) is 24.3 Å². The predicted molar refractivity (Wildman–Crippen MR) is 87.2 cm³/mol. The highest BCUT2D eigenvalue weighted by atomic mass is 32.2. The smallest absolute Gasteiger partial charge is 0.232 e. The fourth-order valence-corrected chi connectivity index (χ4v) is 3.16. The van der Waals surface area contributed by atoms with Crippen molar-refractivity contribution in [2.24, 2.45) is 0 Å². The minimum absolute atomic E-state index is 0.0779. The second kappa shape index (κ2) is 6.79. The first-order chi connectivity index (χ1) is 10.9. The largest absolute Gasteiger partial charge is 0.314 e. The Kier molecular flexibility index (Phi) is 5.01. The second-order valence-corrected chi connectivity index (χ2v) is 7.15. The highest BCUT2D eigenvalue weighted by Gasteiger charge is 2.21. The van der Waals surface area contributed by atoms with Crippen molar-refractivity contribution in [2.45, 2.75) is 33.4 Å². The van der Waals surface area contributed by atoms with Crippen LogP contribution in [0.3, 0.4) is 0 Å². The van der Waals surface area contributed by atoms with Crippen molar-refractivity contribution in [3.8, 4) is 6.07 Å². The van der Waals surface area contributed by atoms with Gasteiger partial charge >= 0.3 is 0 Å². The second-order valence-electron chi connectivity index (χ2n) is 5.25. The van der Waals surface area contributed by atoms with Crippen LogP contribution in [0.5, 0.6) is 0 Å². The molecule has 23 heavy (non-hydrogen) atoms. The lowest BCUT2D eigenvalue weighted by Crippen LogP contribution is -2.30. The van der Waals surface area contributed by atoms with Crippen LogP contribution in [0.1, 0.15) is 30.6 Å². The molecule has 0 aliphatic heterocycles. The summed E-state index contributed by atoms with van der Waals surface area (Å²) in [6.45, 7) is 4.68. The van der Waals surface area contributed by atoms with Crippen LogP contribution in [0.25, 0.3) is 0 Å². The Balaban J connectivity index is 2.44. The number of sulfonamides is 1. The lowest BCUT2D eigenvalue weighted by atomic mass is 10.2. The standard InChI is InChI=1S/C15H19N5O2S/c1-4-8-19-12(2)17-18-15(19)11-20(23(3,21)22)14-7-5-6-13(9-14)10-16/h5-7,9H,4,8,11H2,1-3H3. The maximum Gasteiger partial charge on any atom is 0.232 e. The van der Waals surface area contributed by atoms with Crippen LogP contribution in [0, 0.1) is 18.3 Å². The molecular formula is C15H19N5O2S. The van der Waals surface area contributed by atoms with Crippen LogP contribution in [0.2, 0.25) is 0 Å². The number of aromatic nitrogens is 3. The summed E-state index contributed by atoms with van der Waals surface area (Å²) in [6, 6.07) is 8.52. The van der Waals surface area contributed by atoms with Gasteiger partial charge in [-0.3, -0.25) is 4.31 Å². The summed E-state index contributed by atoms with van der Waals surface area (Å²) in [6.07, 6.45) is 2.04. The van der Waals surface area contributed by atoms with Crippen LogP contribution in [0.4, 0.5) is 5.69 Å². The third kappa shape index (κ3) is 3.87. The molecule has 8 heteroatoms. The lowest BCUT2D eigenvalue weighted by Gasteiger charge is -2.22. The Morgan fingerprint density at radius 2 is 2.09 bits per heavy atom. The zero-order valence-corrected chi connectivity index (χ0v) is 14.2. The minimum Gasteiger partial charge on any atom is -0.314 e. The van der Waals surface area contributed by atoms with Crippen molar-refractivity contribution < 1.29 is 8.42 Å². The topological polar surface area (TPSA) is 91.9 Å². The van der Waals surface area contributed by atoms with Gasteiger partial charge in [-0.25, -0.2) is 8.42 Å². The van der Waals surface area contributed by atoms with Crippen molar-refractivity contribution in [1.82, 2.24) is 14.8 Å². The van der Waals surface area contributed by atoms with E-state index in [1.54, 1.807) is 24.3 Å². The van der Waals surface area contributed by atoms with Gasteiger partial charge in [-0.1, -0.05) is 13.0 Å². The lowest BCUT2D eigenvalue weighted by molar-refractivity contribution is 0.588. The van der Waals surface area contributed by atoms with Gasteiger partial charge in [0.2, 0.25) is 10.0 Å². The summed E-state index contributed by atoms with van der Waals surface area (Å²) in [5.41, 5.74) is 0.845. The molecule has 2 rings (SSSR count). The van der Waals surface area contributed by atoms with Crippen molar-refractivity contribution in [3.63, 3.8) is 0 Å². The Hall–Kier alpha value is -2.40. The van der Waals surface area contributed by atoms with Crippen molar-refractivity contribution >= 4 is 15.7 Å². The zero-order chi connectivity index (χ0) is 17.0. The summed E-state index contributed by atoms with van der Waals surface area (Å²) in [5, 5.41) is 17.1. The minimum atomic E-state index is -3.52. The van der Waals surface area contributed by atoms with E-state index in [-0.39, 0.29) is 6.54 Å². The number of benzene rings is 1. The molecule has 0 saturated heterocycles. The molecule has 0 spiro atoms. The van der Waals surface area contributed by atoms with Crippen molar-refractivity contribution in [3.05, 3.63) is 41.5 Å². The maximum atomic E-state index is 12.2. The first kappa shape index (κ1) is 17.0. The average molecular weight is 333 g/mol. The van der Waals surface area contributed by atoms with E-state index in [1.807, 2.05) is 24.5 Å². The third-order valence-corrected chi connectivity index (χ3v) is 4.55. The first-order valence-electron chi connectivity index (χ1n) is 7.23. The predicted octanol–water partition coefficient (Wildman–Crippen LogP) is 1.83. The molecule has 0 N–H and O–H groups in total. The fourth-order valence-electron chi connectivity index (χ4n) is 2.32. The van der Waals surface area contributed by atoms with E-state index in [4.69, 9.17) is 5.26 Å². The van der Waals surface area contributed by atoms with Gasteiger partial charge in [-0.2, -0.15) is 5.26 Å². The third-order valence-electron chi connectivity index (χ3n) is 3.41. The zero-order valence-electron chi connectivity index (χ0n) is 13.4. The summed E-state index contributed by atoms with van der Waals surface area (Å²) < 4.78 is 27.5. The summed E-state index contributed by atoms with van der Waals surface area (Å²) >= 11 is 0. The molecule has 0 unspecified atom stereocenters. The molecule has 1 aromatic heterocycles. The van der Waals surface area contributed by atoms with Gasteiger partial charge in [0, 0.05) is 6.54 Å². The Morgan fingerprint density at radius 3 is 2.70 bits per heavy atom. The fraction of sp³-hybridized carbons (Fsp3) is 0.400. The SMILES string of the molecule is CCCn1c(C)nnc1CN(c1cccc(C#N)c1)S(C)(=O)=O. The molecule has 0 saturated carbocycles. The number of rotatable bonds is 6. The average Bonchev–Trinajstić information content (AvgIpc) is 2.85. The van der Waals surface area contributed by atoms with Gasteiger partial charge < -0.3 is 4.57 Å². The molecule has 1 aromatic carbocycles. The molecule has 0 aliphatic carbocycles. The molecule has 0 radical (unpaired) electrons. The van der Waals surface area contributed by atoms with Gasteiger partial charge in [0.1, 0.15) is 5.82 Å². The first-order valence-corrected chi connectivity index (χ1v) is 9.08. The summed E-state index contributed by atoms with van der Waals surface area (Å²) in [4.78, 5) is 0. The highest BCUT2D eigenvalue weighted by molar-refractivity contribution is 7.92. The van der Waals surface area contributed by atoms with E-state index in [2.05, 4.69) is 10.2 Å². The quantitative estimate of drug-likeness (QED) is 0.804. The van der Waals surface area contributed by atoms with E-state index >= 15 is 0 Å².